The van der Waals surface area contributed by atoms with Gasteiger partial charge in [-0.1, -0.05) is 45.0 Å². The zero-order valence-electron chi connectivity index (χ0n) is 11.5. The van der Waals surface area contributed by atoms with E-state index in [-0.39, 0.29) is 17.6 Å². The number of rotatable bonds is 2. The van der Waals surface area contributed by atoms with Crippen molar-refractivity contribution < 1.29 is 9.47 Å². The van der Waals surface area contributed by atoms with Crippen LogP contribution in [0.3, 0.4) is 0 Å². The Bertz CT molecular complexity index is 374. The maximum absolute atomic E-state index is 6.22. The third kappa shape index (κ3) is 3.10. The van der Waals surface area contributed by atoms with Gasteiger partial charge in [0.05, 0.1) is 25.9 Å². The van der Waals surface area contributed by atoms with E-state index in [9.17, 15) is 0 Å². The Morgan fingerprint density at radius 3 is 2.33 bits per heavy atom. The molecule has 0 amide bonds. The zero-order valence-corrected chi connectivity index (χ0v) is 11.5. The van der Waals surface area contributed by atoms with Crippen molar-refractivity contribution in [1.82, 2.24) is 0 Å². The van der Waals surface area contributed by atoms with Crippen molar-refractivity contribution in [3.8, 4) is 0 Å². The van der Waals surface area contributed by atoms with E-state index in [0.717, 1.165) is 5.56 Å². The maximum atomic E-state index is 6.22. The fraction of sp³-hybridized carbons (Fsp3) is 0.600. The number of benzene rings is 1. The Labute approximate surface area is 109 Å². The summed E-state index contributed by atoms with van der Waals surface area (Å²) < 4.78 is 11.0. The molecule has 0 spiro atoms. The largest absolute Gasteiger partial charge is 0.376 e. The molecule has 2 unspecified atom stereocenters. The van der Waals surface area contributed by atoms with E-state index in [1.54, 1.807) is 0 Å². The van der Waals surface area contributed by atoms with Gasteiger partial charge in [0.15, 0.2) is 0 Å². The molecule has 0 radical (unpaired) electrons. The first-order valence-corrected chi connectivity index (χ1v) is 6.54. The molecule has 2 rings (SSSR count). The molecule has 0 saturated carbocycles. The fourth-order valence-electron chi connectivity index (χ4n) is 2.13. The van der Waals surface area contributed by atoms with Crippen LogP contribution in [0.4, 0.5) is 0 Å². The molecule has 0 bridgehead atoms. The van der Waals surface area contributed by atoms with Crippen LogP contribution in [-0.2, 0) is 14.9 Å². The van der Waals surface area contributed by atoms with Crippen LogP contribution in [0.15, 0.2) is 24.3 Å². The van der Waals surface area contributed by atoms with E-state index in [0.29, 0.717) is 19.8 Å². The Kier molecular flexibility index (Phi) is 4.05. The van der Waals surface area contributed by atoms with Gasteiger partial charge in [0, 0.05) is 0 Å². The molecule has 3 heteroatoms. The Balaban J connectivity index is 2.09. The lowest BCUT2D eigenvalue weighted by molar-refractivity contribution is -0.0975. The van der Waals surface area contributed by atoms with Gasteiger partial charge in [-0.2, -0.15) is 0 Å². The first-order valence-electron chi connectivity index (χ1n) is 6.54. The van der Waals surface area contributed by atoms with Gasteiger partial charge in [-0.3, -0.25) is 0 Å². The molecule has 2 atom stereocenters. The molecular formula is C15H23NO2. The minimum Gasteiger partial charge on any atom is -0.376 e. The second kappa shape index (κ2) is 5.39. The van der Waals surface area contributed by atoms with Crippen LogP contribution >= 0.6 is 0 Å². The van der Waals surface area contributed by atoms with Gasteiger partial charge in [0.2, 0.25) is 0 Å². The molecular weight excluding hydrogens is 226 g/mol. The van der Waals surface area contributed by atoms with Gasteiger partial charge < -0.3 is 15.2 Å². The summed E-state index contributed by atoms with van der Waals surface area (Å²) >= 11 is 0. The predicted octanol–water partition coefficient (Wildman–Crippen LogP) is 2.40. The monoisotopic (exact) mass is 249 g/mol. The molecule has 100 valence electrons. The lowest BCUT2D eigenvalue weighted by atomic mass is 9.86. The van der Waals surface area contributed by atoms with Crippen LogP contribution < -0.4 is 5.73 Å². The number of hydrogen-bond acceptors (Lipinski definition) is 3. The normalized spacial score (nSPS) is 22.8. The molecule has 2 N–H and O–H groups in total. The molecule has 1 aromatic carbocycles. The number of ether oxygens (including phenoxy) is 2. The average Bonchev–Trinajstić information content (AvgIpc) is 2.38. The van der Waals surface area contributed by atoms with Gasteiger partial charge >= 0.3 is 0 Å². The van der Waals surface area contributed by atoms with Crippen molar-refractivity contribution in [1.29, 1.82) is 0 Å². The second-order valence-electron chi connectivity index (χ2n) is 5.88. The first-order chi connectivity index (χ1) is 8.48. The van der Waals surface area contributed by atoms with Gasteiger partial charge in [-0.05, 0) is 16.5 Å². The lowest BCUT2D eigenvalue weighted by Crippen LogP contribution is -2.37. The minimum atomic E-state index is -0.112. The second-order valence-corrected chi connectivity index (χ2v) is 5.88. The highest BCUT2D eigenvalue weighted by Gasteiger charge is 2.23. The minimum absolute atomic E-state index is 0.0285. The third-order valence-corrected chi connectivity index (χ3v) is 3.40. The molecule has 1 fully saturated rings. The van der Waals surface area contributed by atoms with E-state index in [4.69, 9.17) is 15.2 Å². The Morgan fingerprint density at radius 2 is 1.83 bits per heavy atom. The fourth-order valence-corrected chi connectivity index (χ4v) is 2.13. The van der Waals surface area contributed by atoms with E-state index in [2.05, 4.69) is 45.0 Å². The van der Waals surface area contributed by atoms with Crippen LogP contribution in [0.5, 0.6) is 0 Å². The summed E-state index contributed by atoms with van der Waals surface area (Å²) in [6, 6.07) is 8.39. The zero-order chi connectivity index (χ0) is 13.2. The maximum Gasteiger partial charge on any atom is 0.100 e. The van der Waals surface area contributed by atoms with Gasteiger partial charge in [0.25, 0.3) is 0 Å². The smallest absolute Gasteiger partial charge is 0.100 e. The molecule has 1 heterocycles. The molecule has 0 aromatic heterocycles. The predicted molar refractivity (Wildman–Crippen MR) is 72.6 cm³/mol. The standard InChI is InChI=1S/C15H23NO2/c1-15(2,3)12-6-4-11(5-7-12)14(16)13-10-17-8-9-18-13/h4-7,13-14H,8-10,16H2,1-3H3. The van der Waals surface area contributed by atoms with Gasteiger partial charge in [-0.25, -0.2) is 0 Å². The van der Waals surface area contributed by atoms with Crippen LogP contribution in [-0.4, -0.2) is 25.9 Å². The molecule has 1 aromatic rings. The van der Waals surface area contributed by atoms with Crippen molar-refractivity contribution in [2.75, 3.05) is 19.8 Å². The summed E-state index contributed by atoms with van der Waals surface area (Å²) in [5, 5.41) is 0. The highest BCUT2D eigenvalue weighted by atomic mass is 16.6. The summed E-state index contributed by atoms with van der Waals surface area (Å²) in [5.41, 5.74) is 8.83. The number of nitrogens with two attached hydrogens (primary N) is 1. The van der Waals surface area contributed by atoms with Crippen LogP contribution in [0.2, 0.25) is 0 Å². The molecule has 3 nitrogen and oxygen atoms in total. The molecule has 1 saturated heterocycles. The molecule has 18 heavy (non-hydrogen) atoms. The Morgan fingerprint density at radius 1 is 1.17 bits per heavy atom. The molecule has 0 aliphatic carbocycles. The molecule has 1 aliphatic heterocycles. The SMILES string of the molecule is CC(C)(C)c1ccc(C(N)C2COCCO2)cc1. The lowest BCUT2D eigenvalue weighted by Gasteiger charge is -2.28. The van der Waals surface area contributed by atoms with Gasteiger partial charge in [-0.15, -0.1) is 0 Å². The quantitative estimate of drug-likeness (QED) is 0.875. The summed E-state index contributed by atoms with van der Waals surface area (Å²) in [4.78, 5) is 0. The van der Waals surface area contributed by atoms with Crippen LogP contribution in [0.25, 0.3) is 0 Å². The van der Waals surface area contributed by atoms with Crippen molar-refractivity contribution >= 4 is 0 Å². The highest BCUT2D eigenvalue weighted by Crippen LogP contribution is 2.25. The number of hydrogen-bond donors (Lipinski definition) is 1. The summed E-state index contributed by atoms with van der Waals surface area (Å²) in [5.74, 6) is 0. The van der Waals surface area contributed by atoms with Crippen molar-refractivity contribution in [2.45, 2.75) is 38.3 Å². The third-order valence-electron chi connectivity index (χ3n) is 3.40. The van der Waals surface area contributed by atoms with Crippen molar-refractivity contribution in [2.24, 2.45) is 5.73 Å². The van der Waals surface area contributed by atoms with E-state index in [1.807, 2.05) is 0 Å². The summed E-state index contributed by atoms with van der Waals surface area (Å²) in [6.45, 7) is 8.52. The topological polar surface area (TPSA) is 44.5 Å². The van der Waals surface area contributed by atoms with E-state index < -0.39 is 0 Å². The average molecular weight is 249 g/mol. The first kappa shape index (κ1) is 13.5. The Hall–Kier alpha value is -0.900. The van der Waals surface area contributed by atoms with Crippen LogP contribution in [0, 0.1) is 0 Å². The molecule has 1 aliphatic rings. The van der Waals surface area contributed by atoms with Crippen LogP contribution in [0.1, 0.15) is 37.9 Å². The highest BCUT2D eigenvalue weighted by molar-refractivity contribution is 5.29. The van der Waals surface area contributed by atoms with E-state index >= 15 is 0 Å². The van der Waals surface area contributed by atoms with E-state index in [1.165, 1.54) is 5.56 Å². The summed E-state index contributed by atoms with van der Waals surface area (Å²) in [7, 11) is 0. The van der Waals surface area contributed by atoms with Gasteiger partial charge in [0.1, 0.15) is 6.10 Å². The summed E-state index contributed by atoms with van der Waals surface area (Å²) in [6.07, 6.45) is -0.0285. The van der Waals surface area contributed by atoms with Crippen molar-refractivity contribution in [3.63, 3.8) is 0 Å². The van der Waals surface area contributed by atoms with Crippen molar-refractivity contribution in [3.05, 3.63) is 35.4 Å².